The SMILES string of the molecule is Nc1cc(Sc2ccc(Cl)cn2)nc(-c2ccccc2)n1. The third kappa shape index (κ3) is 3.51. The molecule has 0 atom stereocenters. The van der Waals surface area contributed by atoms with Crippen LogP contribution in [0.5, 0.6) is 0 Å². The molecule has 0 unspecified atom stereocenters. The summed E-state index contributed by atoms with van der Waals surface area (Å²) in [6, 6.07) is 15.1. The molecule has 3 rings (SSSR count). The number of halogens is 1. The first kappa shape index (κ1) is 13.9. The Bertz CT molecular complexity index is 747. The summed E-state index contributed by atoms with van der Waals surface area (Å²) >= 11 is 7.25. The van der Waals surface area contributed by atoms with Crippen LogP contribution in [0.25, 0.3) is 11.4 Å². The van der Waals surface area contributed by atoms with E-state index in [0.717, 1.165) is 15.6 Å². The second kappa shape index (κ2) is 6.11. The molecule has 0 fully saturated rings. The molecule has 4 nitrogen and oxygen atoms in total. The van der Waals surface area contributed by atoms with Crippen molar-refractivity contribution >= 4 is 29.2 Å². The third-order valence-electron chi connectivity index (χ3n) is 2.66. The van der Waals surface area contributed by atoms with Crippen LogP contribution in [0, 0.1) is 0 Å². The summed E-state index contributed by atoms with van der Waals surface area (Å²) in [5.41, 5.74) is 6.80. The zero-order valence-corrected chi connectivity index (χ0v) is 12.5. The van der Waals surface area contributed by atoms with Gasteiger partial charge in [0.15, 0.2) is 5.82 Å². The van der Waals surface area contributed by atoms with Gasteiger partial charge in [0.2, 0.25) is 0 Å². The molecule has 0 amide bonds. The number of nitrogens with zero attached hydrogens (tertiary/aromatic N) is 3. The Hall–Kier alpha value is -2.11. The van der Waals surface area contributed by atoms with Gasteiger partial charge in [0, 0.05) is 17.8 Å². The first-order valence-corrected chi connectivity index (χ1v) is 7.39. The number of nitrogen functional groups attached to an aromatic ring is 1. The number of hydrogen-bond donors (Lipinski definition) is 1. The van der Waals surface area contributed by atoms with E-state index in [1.807, 2.05) is 36.4 Å². The molecular formula is C15H11ClN4S. The van der Waals surface area contributed by atoms with Crippen LogP contribution in [0.15, 0.2) is 64.8 Å². The largest absolute Gasteiger partial charge is 0.384 e. The molecule has 0 aliphatic heterocycles. The molecule has 2 N–H and O–H groups in total. The van der Waals surface area contributed by atoms with Crippen LogP contribution >= 0.6 is 23.4 Å². The zero-order valence-electron chi connectivity index (χ0n) is 10.9. The second-order valence-corrected chi connectivity index (χ2v) is 5.71. The van der Waals surface area contributed by atoms with Crippen molar-refractivity contribution in [1.29, 1.82) is 0 Å². The molecule has 0 aliphatic carbocycles. The second-order valence-electron chi connectivity index (χ2n) is 4.24. The number of anilines is 1. The van der Waals surface area contributed by atoms with Crippen molar-refractivity contribution in [2.45, 2.75) is 10.1 Å². The smallest absolute Gasteiger partial charge is 0.162 e. The van der Waals surface area contributed by atoms with Gasteiger partial charge in [-0.3, -0.25) is 0 Å². The number of benzene rings is 1. The molecule has 0 saturated heterocycles. The van der Waals surface area contributed by atoms with Crippen LogP contribution in [0.3, 0.4) is 0 Å². The average molecular weight is 315 g/mol. The van der Waals surface area contributed by atoms with Gasteiger partial charge >= 0.3 is 0 Å². The van der Waals surface area contributed by atoms with E-state index in [1.165, 1.54) is 11.8 Å². The van der Waals surface area contributed by atoms with Crippen molar-refractivity contribution in [3.05, 3.63) is 59.8 Å². The van der Waals surface area contributed by atoms with Gasteiger partial charge in [-0.1, -0.05) is 41.9 Å². The van der Waals surface area contributed by atoms with Crippen LogP contribution in [0.2, 0.25) is 5.02 Å². The summed E-state index contributed by atoms with van der Waals surface area (Å²) in [7, 11) is 0. The fraction of sp³-hybridized carbons (Fsp3) is 0. The third-order valence-corrected chi connectivity index (χ3v) is 3.76. The Kier molecular flexibility index (Phi) is 4.03. The molecular weight excluding hydrogens is 304 g/mol. The fourth-order valence-electron chi connectivity index (χ4n) is 1.74. The molecule has 21 heavy (non-hydrogen) atoms. The van der Waals surface area contributed by atoms with E-state index in [2.05, 4.69) is 15.0 Å². The molecule has 1 aromatic carbocycles. The minimum Gasteiger partial charge on any atom is -0.384 e. The number of hydrogen-bond acceptors (Lipinski definition) is 5. The highest BCUT2D eigenvalue weighted by Gasteiger charge is 2.07. The van der Waals surface area contributed by atoms with Crippen LogP contribution in [-0.4, -0.2) is 15.0 Å². The predicted octanol–water partition coefficient (Wildman–Crippen LogP) is 3.93. The standard InChI is InChI=1S/C15H11ClN4S/c16-11-6-7-13(18-9-11)21-14-8-12(17)19-15(20-14)10-4-2-1-3-5-10/h1-9H,(H2,17,19,20). The summed E-state index contributed by atoms with van der Waals surface area (Å²) in [6.07, 6.45) is 1.60. The maximum atomic E-state index is 5.87. The topological polar surface area (TPSA) is 64.7 Å². The fourth-order valence-corrected chi connectivity index (χ4v) is 2.62. The Morgan fingerprint density at radius 3 is 2.48 bits per heavy atom. The Balaban J connectivity index is 1.93. The molecule has 2 aromatic heterocycles. The molecule has 0 saturated carbocycles. The van der Waals surface area contributed by atoms with Crippen LogP contribution in [0.1, 0.15) is 0 Å². The lowest BCUT2D eigenvalue weighted by Crippen LogP contribution is -1.97. The normalized spacial score (nSPS) is 10.5. The van der Waals surface area contributed by atoms with Gasteiger partial charge < -0.3 is 5.73 Å². The Morgan fingerprint density at radius 1 is 0.952 bits per heavy atom. The summed E-state index contributed by atoms with van der Waals surface area (Å²) in [4.78, 5) is 13.0. The number of aromatic nitrogens is 3. The van der Waals surface area contributed by atoms with Crippen LogP contribution < -0.4 is 5.73 Å². The summed E-state index contributed by atoms with van der Waals surface area (Å²) in [5.74, 6) is 1.03. The average Bonchev–Trinajstić information content (AvgIpc) is 2.50. The van der Waals surface area contributed by atoms with Crippen molar-refractivity contribution in [1.82, 2.24) is 15.0 Å². The highest BCUT2D eigenvalue weighted by atomic mass is 35.5. The lowest BCUT2D eigenvalue weighted by atomic mass is 10.2. The van der Waals surface area contributed by atoms with Crippen LogP contribution in [-0.2, 0) is 0 Å². The van der Waals surface area contributed by atoms with E-state index in [4.69, 9.17) is 17.3 Å². The molecule has 3 aromatic rings. The van der Waals surface area contributed by atoms with E-state index < -0.39 is 0 Å². The van der Waals surface area contributed by atoms with Crippen molar-refractivity contribution in [2.24, 2.45) is 0 Å². The highest BCUT2D eigenvalue weighted by molar-refractivity contribution is 7.99. The van der Waals surface area contributed by atoms with Crippen molar-refractivity contribution < 1.29 is 0 Å². The zero-order chi connectivity index (χ0) is 14.7. The highest BCUT2D eigenvalue weighted by Crippen LogP contribution is 2.28. The minimum atomic E-state index is 0.431. The van der Waals surface area contributed by atoms with Gasteiger partial charge in [-0.05, 0) is 23.9 Å². The van der Waals surface area contributed by atoms with E-state index in [-0.39, 0.29) is 0 Å². The molecule has 6 heteroatoms. The van der Waals surface area contributed by atoms with Gasteiger partial charge in [-0.15, -0.1) is 0 Å². The molecule has 0 aliphatic rings. The summed E-state index contributed by atoms with van der Waals surface area (Å²) in [6.45, 7) is 0. The van der Waals surface area contributed by atoms with E-state index in [0.29, 0.717) is 16.7 Å². The lowest BCUT2D eigenvalue weighted by molar-refractivity contribution is 1.05. The van der Waals surface area contributed by atoms with Gasteiger partial charge in [0.1, 0.15) is 15.9 Å². The maximum absolute atomic E-state index is 5.87. The summed E-state index contributed by atoms with van der Waals surface area (Å²) in [5, 5.41) is 2.15. The van der Waals surface area contributed by atoms with Crippen molar-refractivity contribution in [3.8, 4) is 11.4 Å². The molecule has 0 spiro atoms. The quantitative estimate of drug-likeness (QED) is 0.742. The minimum absolute atomic E-state index is 0.431. The first-order valence-electron chi connectivity index (χ1n) is 6.20. The number of nitrogens with two attached hydrogens (primary N) is 1. The van der Waals surface area contributed by atoms with Crippen molar-refractivity contribution in [2.75, 3.05) is 5.73 Å². The van der Waals surface area contributed by atoms with Gasteiger partial charge in [0.25, 0.3) is 0 Å². The Labute approximate surface area is 131 Å². The van der Waals surface area contributed by atoms with Crippen molar-refractivity contribution in [3.63, 3.8) is 0 Å². The van der Waals surface area contributed by atoms with E-state index >= 15 is 0 Å². The lowest BCUT2D eigenvalue weighted by Gasteiger charge is -2.05. The van der Waals surface area contributed by atoms with Gasteiger partial charge in [-0.2, -0.15) is 0 Å². The van der Waals surface area contributed by atoms with Crippen LogP contribution in [0.4, 0.5) is 5.82 Å². The first-order chi connectivity index (χ1) is 10.2. The summed E-state index contributed by atoms with van der Waals surface area (Å²) < 4.78 is 0. The monoisotopic (exact) mass is 314 g/mol. The van der Waals surface area contributed by atoms with E-state index in [1.54, 1.807) is 18.3 Å². The molecule has 2 heterocycles. The predicted molar refractivity (Wildman–Crippen MR) is 85.3 cm³/mol. The Morgan fingerprint density at radius 2 is 1.76 bits per heavy atom. The number of rotatable bonds is 3. The van der Waals surface area contributed by atoms with E-state index in [9.17, 15) is 0 Å². The van der Waals surface area contributed by atoms with Gasteiger partial charge in [0.05, 0.1) is 5.02 Å². The molecule has 0 bridgehead atoms. The molecule has 0 radical (unpaired) electrons. The molecule has 104 valence electrons. The number of pyridine rings is 1. The maximum Gasteiger partial charge on any atom is 0.162 e. The van der Waals surface area contributed by atoms with Gasteiger partial charge in [-0.25, -0.2) is 15.0 Å².